The molecule has 0 spiro atoms. The maximum Gasteiger partial charge on any atom is 0.244 e. The van der Waals surface area contributed by atoms with Crippen LogP contribution >= 0.6 is 0 Å². The first-order chi connectivity index (χ1) is 10.4. The van der Waals surface area contributed by atoms with Crippen LogP contribution in [-0.2, 0) is 10.0 Å². The number of rotatable bonds is 4. The largest absolute Gasteiger partial charge is 0.260 e. The molecule has 0 saturated carbocycles. The first-order valence-electron chi connectivity index (χ1n) is 6.47. The Bertz CT molecular complexity index is 816. The Hall–Kier alpha value is -2.30. The van der Waals surface area contributed by atoms with E-state index in [-0.39, 0.29) is 4.90 Å². The molecule has 1 heterocycles. The number of sulfonamides is 1. The third-order valence-electron chi connectivity index (χ3n) is 3.41. The lowest BCUT2D eigenvalue weighted by Crippen LogP contribution is -2.31. The summed E-state index contributed by atoms with van der Waals surface area (Å²) in [6.07, 6.45) is 1.56. The lowest BCUT2D eigenvalue weighted by atomic mass is 10.2. The van der Waals surface area contributed by atoms with Gasteiger partial charge < -0.3 is 0 Å². The third kappa shape index (κ3) is 2.84. The predicted molar refractivity (Wildman–Crippen MR) is 78.7 cm³/mol. The van der Waals surface area contributed by atoms with E-state index >= 15 is 0 Å². The standard InChI is InChI=1S/C15H14FN3O2S/c1-11(14-7-3-4-9-18-14)19(2)22(20,21)15-8-5-6-13(16)12(15)10-17/h3-9,11H,1-2H3/t11-/m0/s1. The van der Waals surface area contributed by atoms with Gasteiger partial charge in [-0.3, -0.25) is 4.98 Å². The highest BCUT2D eigenvalue weighted by Gasteiger charge is 2.30. The summed E-state index contributed by atoms with van der Waals surface area (Å²) in [7, 11) is -2.65. The predicted octanol–water partition coefficient (Wildman–Crippen LogP) is 2.47. The molecule has 0 saturated heterocycles. The third-order valence-corrected chi connectivity index (χ3v) is 5.38. The van der Waals surface area contributed by atoms with Gasteiger partial charge in [0.15, 0.2) is 0 Å². The van der Waals surface area contributed by atoms with Crippen molar-refractivity contribution in [2.45, 2.75) is 17.9 Å². The normalized spacial score (nSPS) is 12.9. The average Bonchev–Trinajstić information content (AvgIpc) is 2.54. The van der Waals surface area contributed by atoms with Gasteiger partial charge in [0, 0.05) is 13.2 Å². The second kappa shape index (κ2) is 6.22. The number of nitrogens with zero attached hydrogens (tertiary/aromatic N) is 3. The minimum atomic E-state index is -4.02. The number of pyridine rings is 1. The minimum absolute atomic E-state index is 0.347. The highest BCUT2D eigenvalue weighted by molar-refractivity contribution is 7.89. The monoisotopic (exact) mass is 319 g/mol. The molecule has 22 heavy (non-hydrogen) atoms. The Labute approximate surface area is 128 Å². The van der Waals surface area contributed by atoms with Crippen molar-refractivity contribution >= 4 is 10.0 Å². The lowest BCUT2D eigenvalue weighted by molar-refractivity contribution is 0.391. The number of halogens is 1. The fraction of sp³-hybridized carbons (Fsp3) is 0.200. The Morgan fingerprint density at radius 3 is 2.59 bits per heavy atom. The molecule has 2 rings (SSSR count). The molecular weight excluding hydrogens is 305 g/mol. The van der Waals surface area contributed by atoms with E-state index in [1.54, 1.807) is 37.4 Å². The summed E-state index contributed by atoms with van der Waals surface area (Å²) in [5, 5.41) is 9.01. The van der Waals surface area contributed by atoms with E-state index in [1.165, 1.54) is 19.2 Å². The van der Waals surface area contributed by atoms with Gasteiger partial charge in [-0.15, -0.1) is 0 Å². The van der Waals surface area contributed by atoms with Crippen LogP contribution in [-0.4, -0.2) is 24.8 Å². The summed E-state index contributed by atoms with van der Waals surface area (Å²) in [4.78, 5) is 3.77. The molecule has 114 valence electrons. The quantitative estimate of drug-likeness (QED) is 0.867. The highest BCUT2D eigenvalue weighted by Crippen LogP contribution is 2.27. The number of benzene rings is 1. The van der Waals surface area contributed by atoms with Gasteiger partial charge >= 0.3 is 0 Å². The minimum Gasteiger partial charge on any atom is -0.260 e. The fourth-order valence-electron chi connectivity index (χ4n) is 2.00. The Balaban J connectivity index is 2.48. The van der Waals surface area contributed by atoms with Crippen LogP contribution in [0.2, 0.25) is 0 Å². The lowest BCUT2D eigenvalue weighted by Gasteiger charge is -2.24. The van der Waals surface area contributed by atoms with Crippen LogP contribution < -0.4 is 0 Å². The number of aromatic nitrogens is 1. The van der Waals surface area contributed by atoms with Crippen LogP contribution in [0.1, 0.15) is 24.2 Å². The van der Waals surface area contributed by atoms with Gasteiger partial charge in [0.05, 0.1) is 11.7 Å². The van der Waals surface area contributed by atoms with Gasteiger partial charge in [0.1, 0.15) is 22.3 Å². The smallest absolute Gasteiger partial charge is 0.244 e. The first-order valence-corrected chi connectivity index (χ1v) is 7.91. The van der Waals surface area contributed by atoms with Crippen LogP contribution in [0.3, 0.4) is 0 Å². The van der Waals surface area contributed by atoms with Crippen LogP contribution in [0.5, 0.6) is 0 Å². The summed E-state index contributed by atoms with van der Waals surface area (Å²) < 4.78 is 40.0. The van der Waals surface area contributed by atoms with Gasteiger partial charge in [0.25, 0.3) is 0 Å². The summed E-state index contributed by atoms with van der Waals surface area (Å²) in [6, 6.07) is 9.78. The molecule has 1 atom stereocenters. The van der Waals surface area contributed by atoms with Crippen molar-refractivity contribution < 1.29 is 12.8 Å². The zero-order valence-corrected chi connectivity index (χ0v) is 12.9. The van der Waals surface area contributed by atoms with E-state index < -0.39 is 27.4 Å². The van der Waals surface area contributed by atoms with E-state index in [0.29, 0.717) is 5.69 Å². The molecule has 0 bridgehead atoms. The van der Waals surface area contributed by atoms with Gasteiger partial charge in [-0.25, -0.2) is 12.8 Å². The van der Waals surface area contributed by atoms with E-state index in [2.05, 4.69) is 4.98 Å². The van der Waals surface area contributed by atoms with E-state index in [9.17, 15) is 12.8 Å². The SMILES string of the molecule is C[C@@H](c1ccccn1)N(C)S(=O)(=O)c1cccc(F)c1C#N. The van der Waals surface area contributed by atoms with E-state index in [1.807, 2.05) is 0 Å². The molecule has 0 aliphatic heterocycles. The van der Waals surface area contributed by atoms with Crippen molar-refractivity contribution in [2.24, 2.45) is 0 Å². The van der Waals surface area contributed by atoms with Crippen molar-refractivity contribution in [3.05, 3.63) is 59.7 Å². The highest BCUT2D eigenvalue weighted by atomic mass is 32.2. The topological polar surface area (TPSA) is 74.1 Å². The van der Waals surface area contributed by atoms with Gasteiger partial charge in [-0.2, -0.15) is 9.57 Å². The Kier molecular flexibility index (Phi) is 4.54. The first kappa shape index (κ1) is 16.1. The van der Waals surface area contributed by atoms with Gasteiger partial charge in [0.2, 0.25) is 10.0 Å². The number of nitriles is 1. The van der Waals surface area contributed by atoms with Crippen molar-refractivity contribution in [2.75, 3.05) is 7.05 Å². The Morgan fingerprint density at radius 1 is 1.27 bits per heavy atom. The summed E-state index contributed by atoms with van der Waals surface area (Å²) in [6.45, 7) is 1.67. The fourth-order valence-corrected chi connectivity index (χ4v) is 3.49. The van der Waals surface area contributed by atoms with Crippen molar-refractivity contribution in [3.8, 4) is 6.07 Å². The molecule has 1 aromatic heterocycles. The zero-order valence-electron chi connectivity index (χ0n) is 12.1. The molecule has 1 aromatic carbocycles. The van der Waals surface area contributed by atoms with E-state index in [0.717, 1.165) is 10.4 Å². The van der Waals surface area contributed by atoms with Gasteiger partial charge in [-0.1, -0.05) is 12.1 Å². The van der Waals surface area contributed by atoms with Gasteiger partial charge in [-0.05, 0) is 31.2 Å². The summed E-state index contributed by atoms with van der Waals surface area (Å²) in [5.41, 5.74) is 0.0751. The summed E-state index contributed by atoms with van der Waals surface area (Å²) >= 11 is 0. The zero-order chi connectivity index (χ0) is 16.3. The molecule has 0 fully saturated rings. The maximum absolute atomic E-state index is 13.7. The molecule has 0 aliphatic carbocycles. The molecule has 0 amide bonds. The van der Waals surface area contributed by atoms with Crippen LogP contribution in [0.25, 0.3) is 0 Å². The second-order valence-corrected chi connectivity index (χ2v) is 6.64. The van der Waals surface area contributed by atoms with Crippen molar-refractivity contribution in [1.29, 1.82) is 5.26 Å². The molecule has 0 aliphatic rings. The number of hydrogen-bond acceptors (Lipinski definition) is 4. The summed E-state index contributed by atoms with van der Waals surface area (Å²) in [5.74, 6) is -0.859. The maximum atomic E-state index is 13.7. The molecular formula is C15H14FN3O2S. The molecule has 0 radical (unpaired) electrons. The molecule has 0 unspecified atom stereocenters. The molecule has 2 aromatic rings. The second-order valence-electron chi connectivity index (χ2n) is 4.68. The van der Waals surface area contributed by atoms with E-state index in [4.69, 9.17) is 5.26 Å². The number of hydrogen-bond donors (Lipinski definition) is 0. The molecule has 0 N–H and O–H groups in total. The Morgan fingerprint density at radius 2 is 2.00 bits per heavy atom. The molecule has 7 heteroatoms. The van der Waals surface area contributed by atoms with Crippen LogP contribution in [0.15, 0.2) is 47.5 Å². The van der Waals surface area contributed by atoms with Crippen LogP contribution in [0, 0.1) is 17.1 Å². The molecule has 5 nitrogen and oxygen atoms in total. The van der Waals surface area contributed by atoms with Crippen molar-refractivity contribution in [3.63, 3.8) is 0 Å². The van der Waals surface area contributed by atoms with Crippen molar-refractivity contribution in [1.82, 2.24) is 9.29 Å². The average molecular weight is 319 g/mol. The van der Waals surface area contributed by atoms with Crippen LogP contribution in [0.4, 0.5) is 4.39 Å².